The summed E-state index contributed by atoms with van der Waals surface area (Å²) in [6.45, 7) is 0. The van der Waals surface area contributed by atoms with Gasteiger partial charge in [-0.2, -0.15) is 0 Å². The number of halogens is 1. The minimum atomic E-state index is 0.935. The second-order valence-electron chi connectivity index (χ2n) is 4.38. The second kappa shape index (κ2) is 3.59. The van der Waals surface area contributed by atoms with Gasteiger partial charge in [0.1, 0.15) is 11.2 Å². The first-order chi connectivity index (χ1) is 8.84. The Balaban J connectivity index is 2.38. The quantitative estimate of drug-likeness (QED) is 0.417. The number of para-hydroxylation sites is 1. The van der Waals surface area contributed by atoms with Crippen LogP contribution in [-0.4, -0.2) is 0 Å². The van der Waals surface area contributed by atoms with Crippen LogP contribution >= 0.6 is 15.9 Å². The van der Waals surface area contributed by atoms with Crippen LogP contribution < -0.4 is 0 Å². The van der Waals surface area contributed by atoms with Crippen molar-refractivity contribution >= 4 is 48.6 Å². The minimum Gasteiger partial charge on any atom is -0.455 e. The van der Waals surface area contributed by atoms with E-state index >= 15 is 0 Å². The molecule has 0 saturated heterocycles. The molecule has 3 aromatic carbocycles. The van der Waals surface area contributed by atoms with Gasteiger partial charge in [-0.15, -0.1) is 0 Å². The van der Waals surface area contributed by atoms with Crippen molar-refractivity contribution in [1.29, 1.82) is 0 Å². The molecule has 0 saturated carbocycles. The van der Waals surface area contributed by atoms with Crippen LogP contribution in [0.2, 0.25) is 0 Å². The van der Waals surface area contributed by atoms with E-state index in [4.69, 9.17) is 4.42 Å². The van der Waals surface area contributed by atoms with Gasteiger partial charge in [-0.1, -0.05) is 42.5 Å². The van der Waals surface area contributed by atoms with E-state index in [1.807, 2.05) is 30.3 Å². The van der Waals surface area contributed by atoms with E-state index in [0.717, 1.165) is 31.8 Å². The molecule has 0 N–H and O–H groups in total. The van der Waals surface area contributed by atoms with E-state index in [1.54, 1.807) is 0 Å². The van der Waals surface area contributed by atoms with E-state index < -0.39 is 0 Å². The van der Waals surface area contributed by atoms with Crippen LogP contribution in [0.25, 0.3) is 32.7 Å². The number of furan rings is 1. The molecule has 0 atom stereocenters. The maximum absolute atomic E-state index is 6.02. The molecule has 2 heteroatoms. The van der Waals surface area contributed by atoms with Crippen molar-refractivity contribution < 1.29 is 4.42 Å². The lowest BCUT2D eigenvalue weighted by molar-refractivity contribution is 0.672. The molecule has 0 radical (unpaired) electrons. The fraction of sp³-hybridized carbons (Fsp3) is 0. The van der Waals surface area contributed by atoms with Crippen molar-refractivity contribution in [1.82, 2.24) is 0 Å². The summed E-state index contributed by atoms with van der Waals surface area (Å²) in [5.41, 5.74) is 1.89. The van der Waals surface area contributed by atoms with Crippen molar-refractivity contribution in [3.63, 3.8) is 0 Å². The molecule has 4 aromatic rings. The molecular formula is C16H9BrO. The number of fused-ring (bicyclic) bond motifs is 5. The van der Waals surface area contributed by atoms with E-state index in [2.05, 4.69) is 40.2 Å². The zero-order chi connectivity index (χ0) is 12.1. The lowest BCUT2D eigenvalue weighted by Crippen LogP contribution is -1.75. The Bertz CT molecular complexity index is 889. The normalized spacial score (nSPS) is 11.6. The summed E-state index contributed by atoms with van der Waals surface area (Å²) in [6, 6.07) is 18.6. The molecule has 0 spiro atoms. The maximum atomic E-state index is 6.02. The molecule has 1 aromatic heterocycles. The van der Waals surface area contributed by atoms with Gasteiger partial charge in [-0.3, -0.25) is 0 Å². The summed E-state index contributed by atoms with van der Waals surface area (Å²) in [7, 11) is 0. The first kappa shape index (κ1) is 10.2. The Kier molecular flexibility index (Phi) is 2.03. The SMILES string of the molecule is Brc1cc2ccccc2c2oc3ccccc3c12. The summed E-state index contributed by atoms with van der Waals surface area (Å²) < 4.78 is 7.10. The van der Waals surface area contributed by atoms with Gasteiger partial charge in [0, 0.05) is 20.6 Å². The highest BCUT2D eigenvalue weighted by Gasteiger charge is 2.12. The summed E-state index contributed by atoms with van der Waals surface area (Å²) in [5, 5.41) is 4.66. The maximum Gasteiger partial charge on any atom is 0.144 e. The molecule has 0 bridgehead atoms. The smallest absolute Gasteiger partial charge is 0.144 e. The number of rotatable bonds is 0. The Morgan fingerprint density at radius 3 is 2.44 bits per heavy atom. The third-order valence-corrected chi connectivity index (χ3v) is 3.95. The fourth-order valence-corrected chi connectivity index (χ4v) is 3.15. The molecule has 0 unspecified atom stereocenters. The zero-order valence-corrected chi connectivity index (χ0v) is 11.1. The summed E-state index contributed by atoms with van der Waals surface area (Å²) in [5.74, 6) is 0. The highest BCUT2D eigenvalue weighted by molar-refractivity contribution is 9.10. The third-order valence-electron chi connectivity index (χ3n) is 3.32. The summed E-state index contributed by atoms with van der Waals surface area (Å²) in [4.78, 5) is 0. The number of hydrogen-bond acceptors (Lipinski definition) is 1. The molecular weight excluding hydrogens is 288 g/mol. The Morgan fingerprint density at radius 1 is 0.833 bits per heavy atom. The predicted octanol–water partition coefficient (Wildman–Crippen LogP) is 5.50. The topological polar surface area (TPSA) is 13.1 Å². The van der Waals surface area contributed by atoms with Gasteiger partial charge in [-0.25, -0.2) is 0 Å². The van der Waals surface area contributed by atoms with Crippen LogP contribution in [-0.2, 0) is 0 Å². The van der Waals surface area contributed by atoms with Gasteiger partial charge in [0.25, 0.3) is 0 Å². The van der Waals surface area contributed by atoms with Gasteiger partial charge < -0.3 is 4.42 Å². The molecule has 0 aliphatic carbocycles. The fourth-order valence-electron chi connectivity index (χ4n) is 2.51. The van der Waals surface area contributed by atoms with Crippen LogP contribution in [0.3, 0.4) is 0 Å². The third kappa shape index (κ3) is 1.27. The van der Waals surface area contributed by atoms with Crippen LogP contribution in [0.4, 0.5) is 0 Å². The standard InChI is InChI=1S/C16H9BrO/c17-13-9-10-5-1-2-6-11(10)16-15(13)12-7-3-4-8-14(12)18-16/h1-9H. The van der Waals surface area contributed by atoms with E-state index in [9.17, 15) is 0 Å². The molecule has 1 nitrogen and oxygen atoms in total. The molecule has 1 heterocycles. The first-order valence-corrected chi connectivity index (χ1v) is 6.62. The predicted molar refractivity (Wildman–Crippen MR) is 78.9 cm³/mol. The van der Waals surface area contributed by atoms with E-state index in [1.165, 1.54) is 5.39 Å². The zero-order valence-electron chi connectivity index (χ0n) is 9.48. The van der Waals surface area contributed by atoms with Crippen LogP contribution in [0, 0.1) is 0 Å². The van der Waals surface area contributed by atoms with Gasteiger partial charge in [0.2, 0.25) is 0 Å². The average molecular weight is 297 g/mol. The monoisotopic (exact) mass is 296 g/mol. The summed E-state index contributed by atoms with van der Waals surface area (Å²) in [6.07, 6.45) is 0. The lowest BCUT2D eigenvalue weighted by atomic mass is 10.1. The second-order valence-corrected chi connectivity index (χ2v) is 5.24. The van der Waals surface area contributed by atoms with Gasteiger partial charge in [0.05, 0.1) is 0 Å². The Labute approximate surface area is 112 Å². The molecule has 0 aliphatic heterocycles. The van der Waals surface area contributed by atoms with Crippen molar-refractivity contribution in [3.8, 4) is 0 Å². The molecule has 18 heavy (non-hydrogen) atoms. The minimum absolute atomic E-state index is 0.935. The van der Waals surface area contributed by atoms with Crippen LogP contribution in [0.15, 0.2) is 63.5 Å². The Morgan fingerprint density at radius 2 is 1.56 bits per heavy atom. The van der Waals surface area contributed by atoms with Crippen LogP contribution in [0.5, 0.6) is 0 Å². The van der Waals surface area contributed by atoms with Crippen molar-refractivity contribution in [2.45, 2.75) is 0 Å². The molecule has 0 amide bonds. The van der Waals surface area contributed by atoms with E-state index in [0.29, 0.717) is 0 Å². The van der Waals surface area contributed by atoms with E-state index in [-0.39, 0.29) is 0 Å². The number of benzene rings is 3. The average Bonchev–Trinajstić information content (AvgIpc) is 2.79. The molecule has 4 rings (SSSR count). The van der Waals surface area contributed by atoms with Crippen molar-refractivity contribution in [3.05, 3.63) is 59.1 Å². The van der Waals surface area contributed by atoms with Crippen molar-refractivity contribution in [2.24, 2.45) is 0 Å². The number of hydrogen-bond donors (Lipinski definition) is 0. The Hall–Kier alpha value is -1.80. The molecule has 0 aliphatic rings. The van der Waals surface area contributed by atoms with Crippen LogP contribution in [0.1, 0.15) is 0 Å². The first-order valence-electron chi connectivity index (χ1n) is 5.83. The molecule has 86 valence electrons. The highest BCUT2D eigenvalue weighted by atomic mass is 79.9. The summed E-state index contributed by atoms with van der Waals surface area (Å²) >= 11 is 3.66. The lowest BCUT2D eigenvalue weighted by Gasteiger charge is -2.00. The van der Waals surface area contributed by atoms with Gasteiger partial charge >= 0.3 is 0 Å². The van der Waals surface area contributed by atoms with Gasteiger partial charge in [0.15, 0.2) is 0 Å². The highest BCUT2D eigenvalue weighted by Crippen LogP contribution is 2.38. The molecule has 0 fully saturated rings. The van der Waals surface area contributed by atoms with Gasteiger partial charge in [-0.05, 0) is 33.4 Å². The van der Waals surface area contributed by atoms with Crippen molar-refractivity contribution in [2.75, 3.05) is 0 Å². The largest absolute Gasteiger partial charge is 0.455 e.